The van der Waals surface area contributed by atoms with Gasteiger partial charge < -0.3 is 5.11 Å². The Morgan fingerprint density at radius 3 is 2.67 bits per heavy atom. The van der Waals surface area contributed by atoms with Gasteiger partial charge in [0.15, 0.2) is 0 Å². The lowest BCUT2D eigenvalue weighted by atomic mass is 10.1. The van der Waals surface area contributed by atoms with Crippen molar-refractivity contribution in [2.45, 2.75) is 13.5 Å². The summed E-state index contributed by atoms with van der Waals surface area (Å²) in [6, 6.07) is 4.53. The first-order chi connectivity index (χ1) is 5.69. The van der Waals surface area contributed by atoms with Crippen LogP contribution in [0, 0.1) is 24.1 Å². The van der Waals surface area contributed by atoms with Crippen LogP contribution >= 0.6 is 0 Å². The van der Waals surface area contributed by atoms with Gasteiger partial charge in [-0.1, -0.05) is 6.07 Å². The molecule has 0 saturated carbocycles. The van der Waals surface area contributed by atoms with Gasteiger partial charge in [0.25, 0.3) is 0 Å². The maximum absolute atomic E-state index is 13.0. The summed E-state index contributed by atoms with van der Waals surface area (Å²) < 4.78 is 13.0. The van der Waals surface area contributed by atoms with E-state index in [0.717, 1.165) is 0 Å². The molecule has 0 aliphatic rings. The molecule has 1 N–H and O–H groups in total. The molecule has 3 heteroatoms. The molecule has 0 atom stereocenters. The summed E-state index contributed by atoms with van der Waals surface area (Å²) >= 11 is 0. The van der Waals surface area contributed by atoms with E-state index in [0.29, 0.717) is 11.1 Å². The van der Waals surface area contributed by atoms with Crippen molar-refractivity contribution in [1.82, 2.24) is 0 Å². The van der Waals surface area contributed by atoms with Gasteiger partial charge in [-0.3, -0.25) is 0 Å². The Bertz CT molecular complexity index is 318. The Morgan fingerprint density at radius 1 is 1.58 bits per heavy atom. The molecule has 1 aromatic rings. The van der Waals surface area contributed by atoms with Crippen LogP contribution < -0.4 is 0 Å². The van der Waals surface area contributed by atoms with Crippen LogP contribution in [0.1, 0.15) is 16.7 Å². The number of hydrogen-bond acceptors (Lipinski definition) is 2. The van der Waals surface area contributed by atoms with Gasteiger partial charge in [0.05, 0.1) is 12.2 Å². The summed E-state index contributed by atoms with van der Waals surface area (Å²) in [7, 11) is 0. The van der Waals surface area contributed by atoms with Crippen molar-refractivity contribution in [2.75, 3.05) is 0 Å². The third-order valence-electron chi connectivity index (χ3n) is 1.64. The van der Waals surface area contributed by atoms with Gasteiger partial charge in [0, 0.05) is 0 Å². The second-order valence-corrected chi connectivity index (χ2v) is 2.54. The monoisotopic (exact) mass is 165 g/mol. The van der Waals surface area contributed by atoms with Crippen molar-refractivity contribution in [3.63, 3.8) is 0 Å². The zero-order valence-corrected chi connectivity index (χ0v) is 6.63. The van der Waals surface area contributed by atoms with E-state index in [2.05, 4.69) is 0 Å². The SMILES string of the molecule is Cc1cc(CO)cc(F)c1C#N. The predicted molar refractivity (Wildman–Crippen MR) is 41.8 cm³/mol. The number of hydrogen-bond donors (Lipinski definition) is 1. The maximum Gasteiger partial charge on any atom is 0.141 e. The molecule has 0 radical (unpaired) electrons. The topological polar surface area (TPSA) is 44.0 Å². The molecule has 1 aromatic carbocycles. The largest absolute Gasteiger partial charge is 0.392 e. The van der Waals surface area contributed by atoms with Crippen LogP contribution in [-0.4, -0.2) is 5.11 Å². The fourth-order valence-corrected chi connectivity index (χ4v) is 1.05. The quantitative estimate of drug-likeness (QED) is 0.685. The van der Waals surface area contributed by atoms with Crippen molar-refractivity contribution >= 4 is 0 Å². The zero-order valence-electron chi connectivity index (χ0n) is 6.63. The van der Waals surface area contributed by atoms with Crippen LogP contribution in [-0.2, 0) is 6.61 Å². The molecule has 0 unspecified atom stereocenters. The van der Waals surface area contributed by atoms with E-state index in [1.165, 1.54) is 6.07 Å². The average molecular weight is 165 g/mol. The third-order valence-corrected chi connectivity index (χ3v) is 1.64. The lowest BCUT2D eigenvalue weighted by Crippen LogP contribution is -1.93. The van der Waals surface area contributed by atoms with Gasteiger partial charge in [-0.25, -0.2) is 4.39 Å². The lowest BCUT2D eigenvalue weighted by molar-refractivity contribution is 0.281. The Morgan fingerprint density at radius 2 is 2.25 bits per heavy atom. The molecule has 0 bridgehead atoms. The summed E-state index contributed by atoms with van der Waals surface area (Å²) in [5.74, 6) is -0.568. The molecule has 0 saturated heterocycles. The standard InChI is InChI=1S/C9H8FNO/c1-6-2-7(5-12)3-9(10)8(6)4-11/h2-3,12H,5H2,1H3. The molecular weight excluding hydrogens is 157 g/mol. The normalized spacial score (nSPS) is 9.50. The lowest BCUT2D eigenvalue weighted by Gasteiger charge is -2.01. The first kappa shape index (κ1) is 8.69. The van der Waals surface area contributed by atoms with Crippen LogP contribution in [0.4, 0.5) is 4.39 Å². The number of benzene rings is 1. The molecular formula is C9H8FNO. The van der Waals surface area contributed by atoms with E-state index in [9.17, 15) is 4.39 Å². The Balaban J connectivity index is 3.30. The van der Waals surface area contributed by atoms with Gasteiger partial charge >= 0.3 is 0 Å². The van der Waals surface area contributed by atoms with Crippen molar-refractivity contribution < 1.29 is 9.50 Å². The van der Waals surface area contributed by atoms with Gasteiger partial charge in [-0.05, 0) is 24.1 Å². The fourth-order valence-electron chi connectivity index (χ4n) is 1.05. The minimum atomic E-state index is -0.568. The predicted octanol–water partition coefficient (Wildman–Crippen LogP) is 1.50. The van der Waals surface area contributed by atoms with Crippen LogP contribution in [0.25, 0.3) is 0 Å². The third kappa shape index (κ3) is 1.44. The average Bonchev–Trinajstić information content (AvgIpc) is 2.03. The highest BCUT2D eigenvalue weighted by Crippen LogP contribution is 2.14. The Labute approximate surface area is 69.9 Å². The number of rotatable bonds is 1. The summed E-state index contributed by atoms with van der Waals surface area (Å²) in [6.45, 7) is 1.43. The highest BCUT2D eigenvalue weighted by molar-refractivity contribution is 5.40. The number of aliphatic hydroxyl groups is 1. The van der Waals surface area contributed by atoms with Crippen LogP contribution in [0.15, 0.2) is 12.1 Å². The second kappa shape index (κ2) is 3.33. The molecule has 62 valence electrons. The molecule has 0 aliphatic carbocycles. The van der Waals surface area contributed by atoms with Crippen LogP contribution in [0.5, 0.6) is 0 Å². The van der Waals surface area contributed by atoms with E-state index in [4.69, 9.17) is 10.4 Å². The summed E-state index contributed by atoms with van der Waals surface area (Å²) in [4.78, 5) is 0. The number of aliphatic hydroxyl groups excluding tert-OH is 1. The van der Waals surface area contributed by atoms with Crippen molar-refractivity contribution in [2.24, 2.45) is 0 Å². The Hall–Kier alpha value is -1.40. The van der Waals surface area contributed by atoms with Gasteiger partial charge in [0.1, 0.15) is 11.9 Å². The van der Waals surface area contributed by atoms with Gasteiger partial charge in [-0.15, -0.1) is 0 Å². The second-order valence-electron chi connectivity index (χ2n) is 2.54. The van der Waals surface area contributed by atoms with Crippen molar-refractivity contribution in [1.29, 1.82) is 5.26 Å². The number of nitriles is 1. The minimum absolute atomic E-state index is 0.0483. The number of halogens is 1. The summed E-state index contributed by atoms with van der Waals surface area (Å²) in [6.07, 6.45) is 0. The zero-order chi connectivity index (χ0) is 9.14. The maximum atomic E-state index is 13.0. The molecule has 12 heavy (non-hydrogen) atoms. The van der Waals surface area contributed by atoms with E-state index >= 15 is 0 Å². The highest BCUT2D eigenvalue weighted by atomic mass is 19.1. The minimum Gasteiger partial charge on any atom is -0.392 e. The molecule has 0 amide bonds. The highest BCUT2D eigenvalue weighted by Gasteiger charge is 2.06. The summed E-state index contributed by atoms with van der Waals surface area (Å²) in [5.41, 5.74) is 1.10. The first-order valence-electron chi connectivity index (χ1n) is 3.49. The van der Waals surface area contributed by atoms with E-state index in [1.54, 1.807) is 19.1 Å². The number of aryl methyl sites for hydroxylation is 1. The van der Waals surface area contributed by atoms with E-state index in [1.807, 2.05) is 0 Å². The first-order valence-corrected chi connectivity index (χ1v) is 3.49. The summed E-state index contributed by atoms with van der Waals surface area (Å²) in [5, 5.41) is 17.2. The van der Waals surface area contributed by atoms with Gasteiger partial charge in [-0.2, -0.15) is 5.26 Å². The molecule has 2 nitrogen and oxygen atoms in total. The van der Waals surface area contributed by atoms with Crippen LogP contribution in [0.3, 0.4) is 0 Å². The Kier molecular flexibility index (Phi) is 2.41. The fraction of sp³-hybridized carbons (Fsp3) is 0.222. The van der Waals surface area contributed by atoms with E-state index < -0.39 is 5.82 Å². The van der Waals surface area contributed by atoms with Gasteiger partial charge in [0.2, 0.25) is 0 Å². The number of nitrogens with zero attached hydrogens (tertiary/aromatic N) is 1. The molecule has 0 fully saturated rings. The smallest absolute Gasteiger partial charge is 0.141 e. The van der Waals surface area contributed by atoms with Crippen molar-refractivity contribution in [3.8, 4) is 6.07 Å². The molecule has 0 spiro atoms. The van der Waals surface area contributed by atoms with Crippen LogP contribution in [0.2, 0.25) is 0 Å². The molecule has 1 rings (SSSR count). The van der Waals surface area contributed by atoms with E-state index in [-0.39, 0.29) is 12.2 Å². The molecule has 0 aromatic heterocycles. The molecule has 0 heterocycles. The molecule has 0 aliphatic heterocycles. The van der Waals surface area contributed by atoms with Crippen molar-refractivity contribution in [3.05, 3.63) is 34.6 Å².